The lowest BCUT2D eigenvalue weighted by molar-refractivity contribution is 0.757. The van der Waals surface area contributed by atoms with E-state index in [0.717, 1.165) is 51.2 Å². The van der Waals surface area contributed by atoms with Gasteiger partial charge < -0.3 is 0 Å². The highest BCUT2D eigenvalue weighted by Crippen LogP contribution is 2.57. The average molecular weight is 640 g/mol. The largest absolute Gasteiger partial charge is 0.264 e. The van der Waals surface area contributed by atoms with E-state index in [1.54, 1.807) is 0 Å². The highest BCUT2D eigenvalue weighted by molar-refractivity contribution is 5.89. The molecule has 7 aromatic rings. The van der Waals surface area contributed by atoms with Gasteiger partial charge in [0.25, 0.3) is 0 Å². The molecule has 0 saturated heterocycles. The molecule has 0 bridgehead atoms. The third kappa shape index (κ3) is 4.86. The zero-order valence-electron chi connectivity index (χ0n) is 27.5. The minimum absolute atomic E-state index is 0.553. The van der Waals surface area contributed by atoms with Crippen molar-refractivity contribution in [3.63, 3.8) is 0 Å². The van der Waals surface area contributed by atoms with Crippen molar-refractivity contribution in [2.45, 2.75) is 11.8 Å². The van der Waals surface area contributed by atoms with Gasteiger partial charge in [-0.25, -0.2) is 9.97 Å². The topological polar surface area (TPSA) is 38.7 Å². The maximum Gasteiger partial charge on any atom is 0.160 e. The molecule has 236 valence electrons. The summed E-state index contributed by atoms with van der Waals surface area (Å²) in [5, 5.41) is 0. The van der Waals surface area contributed by atoms with Gasteiger partial charge in [0, 0.05) is 29.1 Å². The number of aromatic nitrogens is 3. The first kappa shape index (κ1) is 29.7. The lowest BCUT2D eigenvalue weighted by Gasteiger charge is -2.35. The molecule has 5 aromatic carbocycles. The summed E-state index contributed by atoms with van der Waals surface area (Å²) in [6, 6.07) is 49.3. The number of hydrogen-bond donors (Lipinski definition) is 0. The molecular formula is C47H33N3. The van der Waals surface area contributed by atoms with E-state index < -0.39 is 5.41 Å². The second kappa shape index (κ2) is 12.2. The van der Waals surface area contributed by atoms with Crippen LogP contribution in [-0.4, -0.2) is 15.0 Å². The Balaban J connectivity index is 1.22. The van der Waals surface area contributed by atoms with E-state index in [-0.39, 0.29) is 0 Å². The van der Waals surface area contributed by atoms with Crippen LogP contribution in [0.4, 0.5) is 0 Å². The predicted octanol–water partition coefficient (Wildman–Crippen LogP) is 11.1. The monoisotopic (exact) mass is 639 g/mol. The summed E-state index contributed by atoms with van der Waals surface area (Å²) < 4.78 is 0. The molecule has 50 heavy (non-hydrogen) atoms. The van der Waals surface area contributed by atoms with Crippen molar-refractivity contribution in [2.24, 2.45) is 0 Å². The standard InChI is InChI=1S/C47H33N3/c1-32-14-5-2-10-19-38-31-48-27-26-41(38)47(32)42-23-12-11-22-39(42)40-25-24-36(29-43(40)47)35-20-13-21-37(28-35)45-30-44(33-15-6-3-7-16-33)49-46(50-45)34-17-8-4-9-18-34/h2-18,20-31H,1,19H2/b10-2-,14-5-. The van der Waals surface area contributed by atoms with Crippen LogP contribution in [0.3, 0.4) is 0 Å². The third-order valence-electron chi connectivity index (χ3n) is 10.0. The molecule has 2 aromatic heterocycles. The van der Waals surface area contributed by atoms with Gasteiger partial charge in [-0.15, -0.1) is 0 Å². The molecule has 3 heteroatoms. The Hall–Kier alpha value is -6.45. The normalized spacial score (nSPS) is 17.2. The van der Waals surface area contributed by atoms with Crippen LogP contribution in [0.15, 0.2) is 188 Å². The molecule has 2 aliphatic carbocycles. The molecular weight excluding hydrogens is 607 g/mol. The molecule has 0 amide bonds. The van der Waals surface area contributed by atoms with Crippen molar-refractivity contribution in [3.05, 3.63) is 211 Å². The van der Waals surface area contributed by atoms with Crippen LogP contribution in [-0.2, 0) is 11.8 Å². The van der Waals surface area contributed by atoms with Crippen LogP contribution in [0.1, 0.15) is 22.3 Å². The first-order chi connectivity index (χ1) is 24.7. The number of fused-ring (bicyclic) bond motifs is 7. The first-order valence-corrected chi connectivity index (χ1v) is 17.0. The fraction of sp³-hybridized carbons (Fsp3) is 0.0426. The van der Waals surface area contributed by atoms with Gasteiger partial charge in [0.2, 0.25) is 0 Å². The van der Waals surface area contributed by atoms with Crippen LogP contribution in [0, 0.1) is 0 Å². The molecule has 0 aliphatic heterocycles. The summed E-state index contributed by atoms with van der Waals surface area (Å²) in [5.41, 5.74) is 15.0. The van der Waals surface area contributed by atoms with E-state index in [4.69, 9.17) is 16.5 Å². The zero-order valence-corrected chi connectivity index (χ0v) is 27.5. The SMILES string of the molecule is C=C1/C=C\C=C/Cc2cnccc2C12c1ccccc1-c1ccc(-c3cccc(-c4cc(-c5ccccc5)nc(-c5ccccc5)n4)c3)cc12. The Labute approximate surface area is 292 Å². The number of pyridine rings is 1. The van der Waals surface area contributed by atoms with Crippen LogP contribution in [0.25, 0.3) is 56.2 Å². The molecule has 2 aliphatic rings. The molecule has 1 spiro atoms. The second-order valence-corrected chi connectivity index (χ2v) is 12.9. The molecule has 1 atom stereocenters. The molecule has 0 N–H and O–H groups in total. The number of rotatable bonds is 4. The summed E-state index contributed by atoms with van der Waals surface area (Å²) in [5.74, 6) is 0.707. The van der Waals surface area contributed by atoms with Crippen molar-refractivity contribution < 1.29 is 0 Å². The first-order valence-electron chi connectivity index (χ1n) is 17.0. The molecule has 1 unspecified atom stereocenters. The van der Waals surface area contributed by atoms with Gasteiger partial charge in [0.05, 0.1) is 16.8 Å². The Bertz CT molecular complexity index is 2420. The molecule has 0 radical (unpaired) electrons. The van der Waals surface area contributed by atoms with Crippen molar-refractivity contribution in [3.8, 4) is 56.2 Å². The lowest BCUT2D eigenvalue weighted by Crippen LogP contribution is -2.30. The van der Waals surface area contributed by atoms with Gasteiger partial charge in [-0.3, -0.25) is 4.98 Å². The predicted molar refractivity (Wildman–Crippen MR) is 204 cm³/mol. The van der Waals surface area contributed by atoms with E-state index in [1.807, 2.05) is 48.8 Å². The molecule has 3 nitrogen and oxygen atoms in total. The van der Waals surface area contributed by atoms with E-state index in [0.29, 0.717) is 5.82 Å². The summed E-state index contributed by atoms with van der Waals surface area (Å²) in [6.07, 6.45) is 13.3. The quantitative estimate of drug-likeness (QED) is 0.192. The number of allylic oxidation sites excluding steroid dienone is 5. The van der Waals surface area contributed by atoms with Gasteiger partial charge in [-0.1, -0.05) is 146 Å². The lowest BCUT2D eigenvalue weighted by atomic mass is 9.66. The highest BCUT2D eigenvalue weighted by Gasteiger charge is 2.47. The highest BCUT2D eigenvalue weighted by atomic mass is 14.9. The maximum absolute atomic E-state index is 5.11. The van der Waals surface area contributed by atoms with Crippen LogP contribution in [0.5, 0.6) is 0 Å². The van der Waals surface area contributed by atoms with Crippen molar-refractivity contribution >= 4 is 0 Å². The molecule has 9 rings (SSSR count). The molecule has 0 saturated carbocycles. The van der Waals surface area contributed by atoms with Gasteiger partial charge in [-0.05, 0) is 80.8 Å². The van der Waals surface area contributed by atoms with Crippen LogP contribution in [0.2, 0.25) is 0 Å². The number of nitrogens with zero attached hydrogens (tertiary/aromatic N) is 3. The van der Waals surface area contributed by atoms with E-state index >= 15 is 0 Å². The van der Waals surface area contributed by atoms with Crippen LogP contribution >= 0.6 is 0 Å². The molecule has 0 fully saturated rings. The zero-order chi connectivity index (χ0) is 33.5. The fourth-order valence-electron chi connectivity index (χ4n) is 7.72. The van der Waals surface area contributed by atoms with E-state index in [1.165, 1.54) is 33.4 Å². The Morgan fingerprint density at radius 1 is 0.520 bits per heavy atom. The van der Waals surface area contributed by atoms with Gasteiger partial charge in [0.15, 0.2) is 5.82 Å². The Kier molecular flexibility index (Phi) is 7.25. The minimum atomic E-state index is -0.553. The third-order valence-corrected chi connectivity index (χ3v) is 10.0. The van der Waals surface area contributed by atoms with Crippen LogP contribution < -0.4 is 0 Å². The number of hydrogen-bond acceptors (Lipinski definition) is 3. The van der Waals surface area contributed by atoms with Crippen molar-refractivity contribution in [1.82, 2.24) is 15.0 Å². The summed E-state index contributed by atoms with van der Waals surface area (Å²) in [4.78, 5) is 14.7. The van der Waals surface area contributed by atoms with E-state index in [9.17, 15) is 0 Å². The van der Waals surface area contributed by atoms with Crippen molar-refractivity contribution in [1.29, 1.82) is 0 Å². The van der Waals surface area contributed by atoms with Crippen molar-refractivity contribution in [2.75, 3.05) is 0 Å². The smallest absolute Gasteiger partial charge is 0.160 e. The summed E-state index contributed by atoms with van der Waals surface area (Å²) in [6.45, 7) is 4.76. The summed E-state index contributed by atoms with van der Waals surface area (Å²) in [7, 11) is 0. The Morgan fingerprint density at radius 2 is 1.20 bits per heavy atom. The molecule has 2 heterocycles. The second-order valence-electron chi connectivity index (χ2n) is 12.9. The van der Waals surface area contributed by atoms with Gasteiger partial charge >= 0.3 is 0 Å². The van der Waals surface area contributed by atoms with E-state index in [2.05, 4.69) is 132 Å². The Morgan fingerprint density at radius 3 is 2.04 bits per heavy atom. The summed E-state index contributed by atoms with van der Waals surface area (Å²) >= 11 is 0. The maximum atomic E-state index is 5.11. The minimum Gasteiger partial charge on any atom is -0.264 e. The average Bonchev–Trinajstić information content (AvgIpc) is 3.51. The number of benzene rings is 5. The fourth-order valence-corrected chi connectivity index (χ4v) is 7.72. The van der Waals surface area contributed by atoms with Gasteiger partial charge in [0.1, 0.15) is 0 Å². The van der Waals surface area contributed by atoms with Gasteiger partial charge in [-0.2, -0.15) is 0 Å².